The number of allylic oxidation sites excluding steroid dienone is 1. The fourth-order valence-electron chi connectivity index (χ4n) is 4.64. The van der Waals surface area contributed by atoms with E-state index in [9.17, 15) is 22.8 Å². The van der Waals surface area contributed by atoms with Crippen molar-refractivity contribution in [3.05, 3.63) is 149 Å². The molecule has 1 fully saturated rings. The first-order chi connectivity index (χ1) is 19.8. The monoisotopic (exact) mass is 554 g/mol. The molecule has 0 saturated carbocycles. The van der Waals surface area contributed by atoms with Gasteiger partial charge in [0.15, 0.2) is 0 Å². The van der Waals surface area contributed by atoms with Crippen molar-refractivity contribution in [3.63, 3.8) is 0 Å². The van der Waals surface area contributed by atoms with Crippen LogP contribution in [0.5, 0.6) is 0 Å². The minimum atomic E-state index is -4.62. The first-order valence-electron chi connectivity index (χ1n) is 12.9. The summed E-state index contributed by atoms with van der Waals surface area (Å²) in [6.45, 7) is -0.0142. The molecule has 1 saturated heterocycles. The Balaban J connectivity index is 1.57. The number of halogens is 3. The highest BCUT2D eigenvalue weighted by atomic mass is 19.4. The van der Waals surface area contributed by atoms with Crippen molar-refractivity contribution in [1.82, 2.24) is 4.90 Å². The van der Waals surface area contributed by atoms with E-state index in [-0.39, 0.29) is 30.3 Å². The summed E-state index contributed by atoms with van der Waals surface area (Å²) in [6.07, 6.45) is -3.37. The predicted octanol–water partition coefficient (Wildman–Crippen LogP) is 8.11. The minimum Gasteiger partial charge on any atom is -0.444 e. The van der Waals surface area contributed by atoms with E-state index in [1.54, 1.807) is 0 Å². The van der Waals surface area contributed by atoms with E-state index >= 15 is 0 Å². The average Bonchev–Trinajstić information content (AvgIpc) is 3.34. The van der Waals surface area contributed by atoms with Gasteiger partial charge in [0.1, 0.15) is 12.4 Å². The number of alkyl halides is 3. The fourth-order valence-corrected chi connectivity index (χ4v) is 4.64. The molecule has 1 aliphatic heterocycles. The van der Waals surface area contributed by atoms with Crippen LogP contribution in [0.1, 0.15) is 45.0 Å². The maximum Gasteiger partial charge on any atom is 0.420 e. The molecule has 0 aliphatic carbocycles. The second kappa shape index (κ2) is 12.0. The summed E-state index contributed by atoms with van der Waals surface area (Å²) in [6, 6.07) is 32.0. The highest BCUT2D eigenvalue weighted by molar-refractivity contribution is 6.09. The first kappa shape index (κ1) is 27.6. The molecule has 5 rings (SSSR count). The molecule has 4 aromatic carbocycles. The molecule has 41 heavy (non-hydrogen) atoms. The average molecular weight is 555 g/mol. The van der Waals surface area contributed by atoms with Crippen LogP contribution in [0.15, 0.2) is 126 Å². The number of aliphatic imine (C=N–C) groups is 1. The van der Waals surface area contributed by atoms with Gasteiger partial charge in [0.2, 0.25) is 0 Å². The van der Waals surface area contributed by atoms with Crippen molar-refractivity contribution >= 4 is 23.9 Å². The highest BCUT2D eigenvalue weighted by Gasteiger charge is 2.40. The molecule has 0 N–H and O–H groups in total. The summed E-state index contributed by atoms with van der Waals surface area (Å²) >= 11 is 0. The smallest absolute Gasteiger partial charge is 0.420 e. The van der Waals surface area contributed by atoms with Crippen LogP contribution >= 0.6 is 0 Å². The van der Waals surface area contributed by atoms with Crippen LogP contribution in [0.25, 0.3) is 6.08 Å². The third-order valence-electron chi connectivity index (χ3n) is 6.63. The molecule has 206 valence electrons. The second-order valence-electron chi connectivity index (χ2n) is 9.43. The van der Waals surface area contributed by atoms with Crippen molar-refractivity contribution in [2.75, 3.05) is 0 Å². The highest BCUT2D eigenvalue weighted by Crippen LogP contribution is 2.40. The molecule has 0 spiro atoms. The van der Waals surface area contributed by atoms with E-state index in [0.29, 0.717) is 5.70 Å². The Bertz CT molecular complexity index is 1580. The minimum absolute atomic E-state index is 0.0142. The van der Waals surface area contributed by atoms with E-state index in [4.69, 9.17) is 4.74 Å². The van der Waals surface area contributed by atoms with Crippen molar-refractivity contribution < 1.29 is 27.5 Å². The van der Waals surface area contributed by atoms with Gasteiger partial charge in [-0.05, 0) is 41.0 Å². The Labute approximate surface area is 235 Å². The molecular weight excluding hydrogens is 529 g/mol. The van der Waals surface area contributed by atoms with E-state index in [0.717, 1.165) is 34.9 Å². The topological polar surface area (TPSA) is 59.0 Å². The fraction of sp³-hybridized carbons (Fsp3) is 0.121. The number of amides is 2. The maximum atomic E-state index is 13.6. The molecule has 8 heteroatoms. The molecule has 0 radical (unpaired) electrons. The van der Waals surface area contributed by atoms with Gasteiger partial charge in [-0.3, -0.25) is 4.79 Å². The zero-order valence-corrected chi connectivity index (χ0v) is 21.8. The largest absolute Gasteiger partial charge is 0.444 e. The number of nitrogens with zero attached hydrogens (tertiary/aromatic N) is 2. The lowest BCUT2D eigenvalue weighted by Gasteiger charge is -2.21. The van der Waals surface area contributed by atoms with Crippen molar-refractivity contribution in [2.45, 2.75) is 25.1 Å². The number of ether oxygens (including phenoxy) is 1. The molecule has 1 aliphatic rings. The van der Waals surface area contributed by atoms with Gasteiger partial charge in [0.05, 0.1) is 5.56 Å². The molecule has 5 nitrogen and oxygen atoms in total. The van der Waals surface area contributed by atoms with Gasteiger partial charge in [-0.2, -0.15) is 18.2 Å². The number of rotatable bonds is 5. The van der Waals surface area contributed by atoms with Crippen LogP contribution in [0.3, 0.4) is 0 Å². The Morgan fingerprint density at radius 1 is 0.854 bits per heavy atom. The lowest BCUT2D eigenvalue weighted by Crippen LogP contribution is -2.32. The number of amidine groups is 1. The predicted molar refractivity (Wildman–Crippen MR) is 150 cm³/mol. The number of carbonyl (C=O) groups is 2. The molecule has 0 bridgehead atoms. The van der Waals surface area contributed by atoms with Crippen LogP contribution < -0.4 is 0 Å². The lowest BCUT2D eigenvalue weighted by molar-refractivity contribution is -0.137. The van der Waals surface area contributed by atoms with E-state index in [1.165, 1.54) is 11.0 Å². The van der Waals surface area contributed by atoms with E-state index < -0.39 is 23.7 Å². The van der Waals surface area contributed by atoms with Crippen LogP contribution in [0.4, 0.5) is 18.0 Å². The number of benzene rings is 4. The molecule has 1 atom stereocenters. The number of likely N-dealkylation sites (tertiary alicyclic amines) is 1. The normalized spacial score (nSPS) is 17.1. The first-order valence-corrected chi connectivity index (χ1v) is 12.9. The van der Waals surface area contributed by atoms with Gasteiger partial charge in [-0.25, -0.2) is 9.69 Å². The Kier molecular flexibility index (Phi) is 8.10. The molecule has 2 amide bonds. The maximum absolute atomic E-state index is 13.6. The van der Waals surface area contributed by atoms with Crippen LogP contribution in [-0.4, -0.2) is 22.7 Å². The summed E-state index contributed by atoms with van der Waals surface area (Å²) in [5.41, 5.74) is 1.81. The van der Waals surface area contributed by atoms with Crippen molar-refractivity contribution in [3.8, 4) is 0 Å². The molecule has 1 unspecified atom stereocenters. The van der Waals surface area contributed by atoms with Gasteiger partial charge in [0, 0.05) is 23.6 Å². The summed E-state index contributed by atoms with van der Waals surface area (Å²) in [5.74, 6) is -1.17. The molecule has 0 aromatic heterocycles. The second-order valence-corrected chi connectivity index (χ2v) is 9.43. The zero-order valence-electron chi connectivity index (χ0n) is 21.8. The quantitative estimate of drug-likeness (QED) is 0.250. The summed E-state index contributed by atoms with van der Waals surface area (Å²) in [7, 11) is 0. The van der Waals surface area contributed by atoms with Crippen LogP contribution in [-0.2, 0) is 17.5 Å². The Morgan fingerprint density at radius 3 is 2.15 bits per heavy atom. The molecule has 4 aromatic rings. The standard InChI is InChI=1S/C33H25F3N2O3/c34-33(35,36)27-18-10-17-26(20-27)31(39)37-30-21-28(25-15-8-3-9-16-25)29(19-23-11-4-1-5-12-23)38(30)32(40)41-22-24-13-6-2-7-14-24/h1-20,28H,21-22H2/b29-19-,37-30-. The molecular formula is C33H25F3N2O3. The van der Waals surface area contributed by atoms with E-state index in [1.807, 2.05) is 97.1 Å². The van der Waals surface area contributed by atoms with Gasteiger partial charge in [0.25, 0.3) is 5.91 Å². The number of hydrogen-bond donors (Lipinski definition) is 0. The van der Waals surface area contributed by atoms with E-state index in [2.05, 4.69) is 4.99 Å². The summed E-state index contributed by atoms with van der Waals surface area (Å²) in [5, 5.41) is 0. The number of hydrogen-bond acceptors (Lipinski definition) is 3. The number of carbonyl (C=O) groups excluding carboxylic acids is 2. The SMILES string of the molecule is O=C(/N=C1/CC(c2ccccc2)/C(=C/c2ccccc2)N1C(=O)OCc1ccccc1)c1cccc(C(F)(F)F)c1. The van der Waals surface area contributed by atoms with Crippen LogP contribution in [0, 0.1) is 0 Å². The van der Waals surface area contributed by atoms with Gasteiger partial charge in [-0.1, -0.05) is 97.1 Å². The zero-order chi connectivity index (χ0) is 28.8. The van der Waals surface area contributed by atoms with Crippen LogP contribution in [0.2, 0.25) is 0 Å². The third kappa shape index (κ3) is 6.61. The van der Waals surface area contributed by atoms with Gasteiger partial charge < -0.3 is 4.74 Å². The summed E-state index contributed by atoms with van der Waals surface area (Å²) in [4.78, 5) is 32.3. The van der Waals surface area contributed by atoms with Crippen molar-refractivity contribution in [1.29, 1.82) is 0 Å². The van der Waals surface area contributed by atoms with Gasteiger partial charge in [-0.15, -0.1) is 0 Å². The third-order valence-corrected chi connectivity index (χ3v) is 6.63. The van der Waals surface area contributed by atoms with Gasteiger partial charge >= 0.3 is 12.3 Å². The van der Waals surface area contributed by atoms with Crippen molar-refractivity contribution in [2.24, 2.45) is 4.99 Å². The molecule has 1 heterocycles. The lowest BCUT2D eigenvalue weighted by atomic mass is 9.94. The Morgan fingerprint density at radius 2 is 1.49 bits per heavy atom. The summed E-state index contributed by atoms with van der Waals surface area (Å²) < 4.78 is 45.6. The Hall–Kier alpha value is -4.98.